The van der Waals surface area contributed by atoms with Gasteiger partial charge in [0.25, 0.3) is 5.91 Å². The van der Waals surface area contributed by atoms with Crippen LogP contribution in [0.3, 0.4) is 0 Å². The summed E-state index contributed by atoms with van der Waals surface area (Å²) in [6.45, 7) is 7.32. The maximum atomic E-state index is 12.7. The predicted molar refractivity (Wildman–Crippen MR) is 96.1 cm³/mol. The highest BCUT2D eigenvalue weighted by atomic mass is 32.2. The van der Waals surface area contributed by atoms with Crippen molar-refractivity contribution >= 4 is 21.6 Å². The van der Waals surface area contributed by atoms with Gasteiger partial charge < -0.3 is 4.74 Å². The highest BCUT2D eigenvalue weighted by Crippen LogP contribution is 2.18. The maximum absolute atomic E-state index is 12.7. The molecule has 1 aliphatic heterocycles. The molecule has 1 saturated heterocycles. The average molecular weight is 367 g/mol. The van der Waals surface area contributed by atoms with Crippen molar-refractivity contribution in [2.75, 3.05) is 26.3 Å². The van der Waals surface area contributed by atoms with Crippen LogP contribution >= 0.6 is 0 Å². The third-order valence-corrected chi connectivity index (χ3v) is 6.26. The van der Waals surface area contributed by atoms with Gasteiger partial charge in [-0.1, -0.05) is 19.9 Å². The van der Waals surface area contributed by atoms with E-state index in [1.54, 1.807) is 12.1 Å². The Bertz CT molecular complexity index is 740. The van der Waals surface area contributed by atoms with E-state index >= 15 is 0 Å². The quantitative estimate of drug-likeness (QED) is 0.614. The van der Waals surface area contributed by atoms with Crippen LogP contribution in [0.1, 0.15) is 37.6 Å². The van der Waals surface area contributed by atoms with Gasteiger partial charge >= 0.3 is 0 Å². The number of ether oxygens (including phenoxy) is 1. The standard InChI is InChI=1S/C17H25N3O4S/c1-4-13(2)14(3)18-19-17(21)15-6-5-7-16(12-15)25(22,23)20-8-10-24-11-9-20/h5-7,12-13H,4,8-11H2,1-3H3,(H,19,21)/b18-14-/t13-/m0/s1. The lowest BCUT2D eigenvalue weighted by molar-refractivity contribution is 0.0730. The van der Waals surface area contributed by atoms with E-state index in [-0.39, 0.29) is 16.4 Å². The first kappa shape index (κ1) is 19.6. The Hall–Kier alpha value is -1.77. The highest BCUT2D eigenvalue weighted by Gasteiger charge is 2.26. The van der Waals surface area contributed by atoms with Crippen molar-refractivity contribution in [1.29, 1.82) is 0 Å². The molecule has 1 aromatic carbocycles. The predicted octanol–water partition coefficient (Wildman–Crippen LogP) is 1.86. The van der Waals surface area contributed by atoms with Gasteiger partial charge in [0.15, 0.2) is 0 Å². The molecule has 1 fully saturated rings. The second kappa shape index (κ2) is 8.55. The molecule has 2 rings (SSSR count). The Morgan fingerprint density at radius 1 is 1.36 bits per heavy atom. The largest absolute Gasteiger partial charge is 0.379 e. The molecule has 1 amide bonds. The van der Waals surface area contributed by atoms with Gasteiger partial charge in [0.2, 0.25) is 10.0 Å². The zero-order valence-electron chi connectivity index (χ0n) is 14.9. The molecule has 8 heteroatoms. The number of hydrazone groups is 1. The van der Waals surface area contributed by atoms with Crippen molar-refractivity contribution in [2.45, 2.75) is 32.1 Å². The third-order valence-electron chi connectivity index (χ3n) is 4.36. The van der Waals surface area contributed by atoms with Gasteiger partial charge in [0, 0.05) is 24.4 Å². The van der Waals surface area contributed by atoms with E-state index in [2.05, 4.69) is 10.5 Å². The molecule has 25 heavy (non-hydrogen) atoms. The average Bonchev–Trinajstić information content (AvgIpc) is 2.65. The first-order valence-corrected chi connectivity index (χ1v) is 9.82. The molecule has 1 atom stereocenters. The summed E-state index contributed by atoms with van der Waals surface area (Å²) in [4.78, 5) is 12.4. The van der Waals surface area contributed by atoms with E-state index in [0.29, 0.717) is 26.3 Å². The van der Waals surface area contributed by atoms with E-state index in [4.69, 9.17) is 4.74 Å². The van der Waals surface area contributed by atoms with Gasteiger partial charge in [-0.15, -0.1) is 0 Å². The Morgan fingerprint density at radius 3 is 2.68 bits per heavy atom. The summed E-state index contributed by atoms with van der Waals surface area (Å²) < 4.78 is 31.9. The molecule has 0 unspecified atom stereocenters. The second-order valence-corrected chi connectivity index (χ2v) is 7.99. The zero-order valence-corrected chi connectivity index (χ0v) is 15.7. The molecule has 0 radical (unpaired) electrons. The number of rotatable bonds is 6. The Labute approximate surface area is 149 Å². The van der Waals surface area contributed by atoms with Gasteiger partial charge in [0.05, 0.1) is 18.1 Å². The minimum Gasteiger partial charge on any atom is -0.379 e. The lowest BCUT2D eigenvalue weighted by Gasteiger charge is -2.26. The summed E-state index contributed by atoms with van der Waals surface area (Å²) in [5.74, 6) is -0.157. The number of nitrogens with zero attached hydrogens (tertiary/aromatic N) is 2. The van der Waals surface area contributed by atoms with Crippen molar-refractivity contribution in [1.82, 2.24) is 9.73 Å². The zero-order chi connectivity index (χ0) is 18.4. The number of hydrogen-bond donors (Lipinski definition) is 1. The molecule has 0 aliphatic carbocycles. The van der Waals surface area contributed by atoms with E-state index < -0.39 is 15.9 Å². The molecular weight excluding hydrogens is 342 g/mol. The van der Waals surface area contributed by atoms with Gasteiger partial charge in [-0.05, 0) is 37.5 Å². The van der Waals surface area contributed by atoms with Gasteiger partial charge in [0.1, 0.15) is 0 Å². The fourth-order valence-electron chi connectivity index (χ4n) is 2.34. The first-order chi connectivity index (χ1) is 11.9. The summed E-state index contributed by atoms with van der Waals surface area (Å²) >= 11 is 0. The minimum absolute atomic E-state index is 0.102. The van der Waals surface area contributed by atoms with Crippen LogP contribution in [-0.4, -0.2) is 50.6 Å². The highest BCUT2D eigenvalue weighted by molar-refractivity contribution is 7.89. The van der Waals surface area contributed by atoms with Crippen LogP contribution in [0.5, 0.6) is 0 Å². The van der Waals surface area contributed by atoms with Crippen molar-refractivity contribution < 1.29 is 17.9 Å². The second-order valence-electron chi connectivity index (χ2n) is 6.05. The Kier molecular flexibility index (Phi) is 6.69. The Morgan fingerprint density at radius 2 is 2.04 bits per heavy atom. The topological polar surface area (TPSA) is 88.1 Å². The summed E-state index contributed by atoms with van der Waals surface area (Å²) in [7, 11) is -3.63. The molecule has 138 valence electrons. The van der Waals surface area contributed by atoms with Crippen LogP contribution in [0.4, 0.5) is 0 Å². The van der Waals surface area contributed by atoms with E-state index in [1.165, 1.54) is 16.4 Å². The molecule has 0 bridgehead atoms. The van der Waals surface area contributed by atoms with Crippen molar-refractivity contribution in [3.63, 3.8) is 0 Å². The summed E-state index contributed by atoms with van der Waals surface area (Å²) in [5.41, 5.74) is 3.58. The van der Waals surface area contributed by atoms with Crippen molar-refractivity contribution in [3.8, 4) is 0 Å². The number of benzene rings is 1. The van der Waals surface area contributed by atoms with E-state index in [9.17, 15) is 13.2 Å². The Balaban J connectivity index is 2.16. The number of sulfonamides is 1. The fourth-order valence-corrected chi connectivity index (χ4v) is 3.80. The molecule has 1 heterocycles. The summed E-state index contributed by atoms with van der Waals surface area (Å²) in [5, 5.41) is 4.09. The molecule has 7 nitrogen and oxygen atoms in total. The van der Waals surface area contributed by atoms with Crippen LogP contribution in [0, 0.1) is 5.92 Å². The SMILES string of the molecule is CC[C@H](C)/C(C)=N\NC(=O)c1cccc(S(=O)(=O)N2CCOCC2)c1. The lowest BCUT2D eigenvalue weighted by atomic mass is 10.1. The number of hydrogen-bond acceptors (Lipinski definition) is 5. The number of carbonyl (C=O) groups excluding carboxylic acids is 1. The smallest absolute Gasteiger partial charge is 0.271 e. The van der Waals surface area contributed by atoms with Crippen LogP contribution in [-0.2, 0) is 14.8 Å². The molecule has 1 aliphatic rings. The summed E-state index contributed by atoms with van der Waals surface area (Å²) in [6.07, 6.45) is 0.929. The van der Waals surface area contributed by atoms with E-state index in [1.807, 2.05) is 20.8 Å². The molecule has 0 aromatic heterocycles. The van der Waals surface area contributed by atoms with E-state index in [0.717, 1.165) is 12.1 Å². The van der Waals surface area contributed by atoms with Crippen LogP contribution in [0.25, 0.3) is 0 Å². The third kappa shape index (κ3) is 4.87. The fraction of sp³-hybridized carbons (Fsp3) is 0.529. The van der Waals surface area contributed by atoms with Gasteiger partial charge in [-0.3, -0.25) is 4.79 Å². The van der Waals surface area contributed by atoms with Crippen molar-refractivity contribution in [2.24, 2.45) is 11.0 Å². The lowest BCUT2D eigenvalue weighted by Crippen LogP contribution is -2.40. The normalized spacial score (nSPS) is 18.0. The molecule has 0 saturated carbocycles. The number of carbonyl (C=O) groups is 1. The van der Waals surface area contributed by atoms with Crippen molar-refractivity contribution in [3.05, 3.63) is 29.8 Å². The molecule has 1 aromatic rings. The summed E-state index contributed by atoms with van der Waals surface area (Å²) in [6, 6.07) is 6.01. The molecule has 1 N–H and O–H groups in total. The van der Waals surface area contributed by atoms with Crippen LogP contribution in [0.2, 0.25) is 0 Å². The van der Waals surface area contributed by atoms with Crippen LogP contribution < -0.4 is 5.43 Å². The number of nitrogens with one attached hydrogen (secondary N) is 1. The first-order valence-electron chi connectivity index (χ1n) is 8.38. The van der Waals surface area contributed by atoms with Gasteiger partial charge in [-0.2, -0.15) is 9.41 Å². The molecular formula is C17H25N3O4S. The molecule has 0 spiro atoms. The van der Waals surface area contributed by atoms with Crippen LogP contribution in [0.15, 0.2) is 34.3 Å². The van der Waals surface area contributed by atoms with Gasteiger partial charge in [-0.25, -0.2) is 13.8 Å². The number of amides is 1. The minimum atomic E-state index is -3.63. The maximum Gasteiger partial charge on any atom is 0.271 e. The monoisotopic (exact) mass is 367 g/mol. The number of morpholine rings is 1.